The van der Waals surface area contributed by atoms with Crippen molar-refractivity contribution in [2.45, 2.75) is 11.1 Å². The summed E-state index contributed by atoms with van der Waals surface area (Å²) in [4.78, 5) is 10.5. The molecule has 9 heteroatoms. The zero-order valence-electron chi connectivity index (χ0n) is 7.41. The highest BCUT2D eigenvalue weighted by Gasteiger charge is 2.25. The highest BCUT2D eigenvalue weighted by molar-refractivity contribution is 7.89. The van der Waals surface area contributed by atoms with Crippen molar-refractivity contribution >= 4 is 16.0 Å². The summed E-state index contributed by atoms with van der Waals surface area (Å²) in [7, 11) is -3.98. The predicted octanol–water partition coefficient (Wildman–Crippen LogP) is -1.87. The highest BCUT2D eigenvalue weighted by Crippen LogP contribution is 2.03. The third-order valence-corrected chi connectivity index (χ3v) is 2.94. The van der Waals surface area contributed by atoms with Crippen molar-refractivity contribution in [3.63, 3.8) is 0 Å². The van der Waals surface area contributed by atoms with E-state index in [1.165, 1.54) is 12.3 Å². The smallest absolute Gasteiger partial charge is 0.324 e. The molecular weight excluding hydrogens is 226 g/mol. The Bertz CT molecular complexity index is 426. The summed E-state index contributed by atoms with van der Waals surface area (Å²) in [5.74, 6) is -1.46. The zero-order chi connectivity index (χ0) is 11.5. The molecular formula is C6H9N3O5S. The third-order valence-electron chi connectivity index (χ3n) is 1.54. The van der Waals surface area contributed by atoms with E-state index < -0.39 is 28.6 Å². The summed E-state index contributed by atoms with van der Waals surface area (Å²) in [6, 6.07) is -0.406. The van der Waals surface area contributed by atoms with E-state index in [4.69, 9.17) is 10.2 Å². The monoisotopic (exact) mass is 235 g/mol. The molecule has 1 aromatic heterocycles. The van der Waals surface area contributed by atoms with Crippen molar-refractivity contribution in [1.29, 1.82) is 0 Å². The Kier molecular flexibility index (Phi) is 3.39. The zero-order valence-corrected chi connectivity index (χ0v) is 8.23. The second kappa shape index (κ2) is 4.38. The average molecular weight is 235 g/mol. The van der Waals surface area contributed by atoms with Gasteiger partial charge in [0.25, 0.3) is 10.0 Å². The van der Waals surface area contributed by atoms with Crippen LogP contribution in [0.4, 0.5) is 0 Å². The Morgan fingerprint density at radius 3 is 2.73 bits per heavy atom. The van der Waals surface area contributed by atoms with Gasteiger partial charge in [-0.3, -0.25) is 9.89 Å². The summed E-state index contributed by atoms with van der Waals surface area (Å²) in [5, 5.41) is 22.5. The number of carboxylic acid groups (broad SMARTS) is 1. The van der Waals surface area contributed by atoms with Gasteiger partial charge in [-0.1, -0.05) is 0 Å². The van der Waals surface area contributed by atoms with Crippen LogP contribution < -0.4 is 4.72 Å². The van der Waals surface area contributed by atoms with Gasteiger partial charge < -0.3 is 10.2 Å². The quantitative estimate of drug-likeness (QED) is 0.472. The summed E-state index contributed by atoms with van der Waals surface area (Å²) in [6.45, 7) is -0.831. The first kappa shape index (κ1) is 11.6. The topological polar surface area (TPSA) is 132 Å². The van der Waals surface area contributed by atoms with E-state index in [0.29, 0.717) is 0 Å². The number of nitrogens with one attached hydrogen (secondary N) is 2. The number of aliphatic hydroxyl groups excluding tert-OH is 1. The molecule has 15 heavy (non-hydrogen) atoms. The SMILES string of the molecule is O=C(O)[C@H](CO)NS(=O)(=O)c1ccn[nH]1. The number of hydrogen-bond donors (Lipinski definition) is 4. The van der Waals surface area contributed by atoms with Gasteiger partial charge in [-0.2, -0.15) is 9.82 Å². The van der Waals surface area contributed by atoms with Gasteiger partial charge in [0.2, 0.25) is 0 Å². The molecule has 0 saturated carbocycles. The largest absolute Gasteiger partial charge is 0.480 e. The second-order valence-corrected chi connectivity index (χ2v) is 4.30. The number of sulfonamides is 1. The van der Waals surface area contributed by atoms with Gasteiger partial charge in [-0.05, 0) is 6.07 Å². The number of carboxylic acids is 1. The number of hydrogen-bond acceptors (Lipinski definition) is 5. The maximum absolute atomic E-state index is 11.4. The second-order valence-electron chi connectivity index (χ2n) is 2.62. The van der Waals surface area contributed by atoms with E-state index in [1.54, 1.807) is 4.72 Å². The molecule has 0 spiro atoms. The number of rotatable bonds is 5. The minimum atomic E-state index is -3.98. The van der Waals surface area contributed by atoms with Crippen molar-refractivity contribution in [2.24, 2.45) is 0 Å². The van der Waals surface area contributed by atoms with Gasteiger partial charge in [0, 0.05) is 0 Å². The Morgan fingerprint density at radius 1 is 1.67 bits per heavy atom. The maximum atomic E-state index is 11.4. The Hall–Kier alpha value is -1.45. The van der Waals surface area contributed by atoms with E-state index in [-0.39, 0.29) is 5.03 Å². The fourth-order valence-corrected chi connectivity index (χ4v) is 1.90. The van der Waals surface area contributed by atoms with Crippen LogP contribution in [0.25, 0.3) is 0 Å². The number of aromatic nitrogens is 2. The minimum Gasteiger partial charge on any atom is -0.480 e. The van der Waals surface area contributed by atoms with Crippen molar-refractivity contribution in [1.82, 2.24) is 14.9 Å². The van der Waals surface area contributed by atoms with E-state index in [9.17, 15) is 13.2 Å². The molecule has 0 aliphatic carbocycles. The molecule has 4 N–H and O–H groups in total. The van der Waals surface area contributed by atoms with Crippen LogP contribution in [0.1, 0.15) is 0 Å². The molecule has 1 atom stereocenters. The van der Waals surface area contributed by atoms with Gasteiger partial charge in [-0.25, -0.2) is 8.42 Å². The van der Waals surface area contributed by atoms with E-state index in [0.717, 1.165) is 0 Å². The van der Waals surface area contributed by atoms with Crippen LogP contribution in [0.5, 0.6) is 0 Å². The number of aliphatic carboxylic acids is 1. The van der Waals surface area contributed by atoms with Crippen LogP contribution >= 0.6 is 0 Å². The minimum absolute atomic E-state index is 0.262. The molecule has 84 valence electrons. The summed E-state index contributed by atoms with van der Waals surface area (Å²) < 4.78 is 24.6. The van der Waals surface area contributed by atoms with Crippen molar-refractivity contribution < 1.29 is 23.4 Å². The normalized spacial score (nSPS) is 13.7. The van der Waals surface area contributed by atoms with Gasteiger partial charge in [0.05, 0.1) is 12.8 Å². The maximum Gasteiger partial charge on any atom is 0.324 e. The van der Waals surface area contributed by atoms with Crippen LogP contribution in [0.3, 0.4) is 0 Å². The predicted molar refractivity (Wildman–Crippen MR) is 47.4 cm³/mol. The van der Waals surface area contributed by atoms with Crippen LogP contribution in [0.15, 0.2) is 17.3 Å². The number of aliphatic hydroxyl groups is 1. The molecule has 1 aromatic rings. The third kappa shape index (κ3) is 2.75. The van der Waals surface area contributed by atoms with E-state index >= 15 is 0 Å². The summed E-state index contributed by atoms with van der Waals surface area (Å²) >= 11 is 0. The fraction of sp³-hybridized carbons (Fsp3) is 0.333. The molecule has 0 aliphatic rings. The average Bonchev–Trinajstić information content (AvgIpc) is 2.67. The van der Waals surface area contributed by atoms with Gasteiger partial charge in [0.15, 0.2) is 5.03 Å². The Balaban J connectivity index is 2.86. The molecule has 0 aliphatic heterocycles. The van der Waals surface area contributed by atoms with E-state index in [2.05, 4.69) is 10.2 Å². The van der Waals surface area contributed by atoms with Crippen molar-refractivity contribution in [3.05, 3.63) is 12.3 Å². The first-order chi connectivity index (χ1) is 6.97. The molecule has 0 radical (unpaired) electrons. The summed E-state index contributed by atoms with van der Waals surface area (Å²) in [5.41, 5.74) is 0. The standard InChI is InChI=1S/C6H9N3O5S/c10-3-4(6(11)12)9-15(13,14)5-1-2-7-8-5/h1-2,4,9-10H,3H2,(H,7,8)(H,11,12)/t4-/m0/s1. The lowest BCUT2D eigenvalue weighted by atomic mass is 10.3. The molecule has 0 fully saturated rings. The molecule has 0 aromatic carbocycles. The highest BCUT2D eigenvalue weighted by atomic mass is 32.2. The van der Waals surface area contributed by atoms with Crippen LogP contribution in [0, 0.1) is 0 Å². The van der Waals surface area contributed by atoms with Crippen molar-refractivity contribution in [3.8, 4) is 0 Å². The molecule has 8 nitrogen and oxygen atoms in total. The van der Waals surface area contributed by atoms with Crippen LogP contribution in [-0.4, -0.2) is 47.4 Å². The number of carbonyl (C=O) groups is 1. The Morgan fingerprint density at radius 2 is 2.33 bits per heavy atom. The first-order valence-corrected chi connectivity index (χ1v) is 5.31. The van der Waals surface area contributed by atoms with Crippen LogP contribution in [-0.2, 0) is 14.8 Å². The molecule has 1 rings (SSSR count). The lowest BCUT2D eigenvalue weighted by molar-refractivity contribution is -0.139. The van der Waals surface area contributed by atoms with Crippen LogP contribution in [0.2, 0.25) is 0 Å². The lowest BCUT2D eigenvalue weighted by Gasteiger charge is -2.10. The summed E-state index contributed by atoms with van der Waals surface area (Å²) in [6.07, 6.45) is 1.21. The Labute approximate surface area is 85.0 Å². The van der Waals surface area contributed by atoms with Gasteiger partial charge in [0.1, 0.15) is 6.04 Å². The number of H-pyrrole nitrogens is 1. The van der Waals surface area contributed by atoms with Gasteiger partial charge in [-0.15, -0.1) is 0 Å². The first-order valence-electron chi connectivity index (χ1n) is 3.82. The molecule has 0 bridgehead atoms. The van der Waals surface area contributed by atoms with E-state index in [1.807, 2.05) is 0 Å². The number of nitrogens with zero attached hydrogens (tertiary/aromatic N) is 1. The lowest BCUT2D eigenvalue weighted by Crippen LogP contribution is -2.43. The molecule has 0 saturated heterocycles. The molecule has 0 amide bonds. The molecule has 1 heterocycles. The van der Waals surface area contributed by atoms with Crippen molar-refractivity contribution in [2.75, 3.05) is 6.61 Å². The van der Waals surface area contributed by atoms with Gasteiger partial charge >= 0.3 is 5.97 Å². The number of aromatic amines is 1. The fourth-order valence-electron chi connectivity index (χ4n) is 0.809. The molecule has 0 unspecified atom stereocenters.